The molecule has 96 valence electrons. The van der Waals surface area contributed by atoms with Gasteiger partial charge >= 0.3 is 0 Å². The van der Waals surface area contributed by atoms with Crippen LogP contribution in [0.4, 0.5) is 0 Å². The number of aromatic nitrogens is 1. The lowest BCUT2D eigenvalue weighted by molar-refractivity contribution is 0.493. The van der Waals surface area contributed by atoms with Gasteiger partial charge in [-0.2, -0.15) is 0 Å². The second-order valence-corrected chi connectivity index (χ2v) is 5.42. The zero-order chi connectivity index (χ0) is 13.2. The van der Waals surface area contributed by atoms with Crippen LogP contribution >= 0.6 is 15.9 Å². The highest BCUT2D eigenvalue weighted by atomic mass is 79.9. The van der Waals surface area contributed by atoms with Crippen molar-refractivity contribution in [2.24, 2.45) is 5.73 Å². The van der Waals surface area contributed by atoms with Gasteiger partial charge in [0.05, 0.1) is 6.04 Å². The van der Waals surface area contributed by atoms with Crippen LogP contribution in [0.2, 0.25) is 0 Å². The quantitative estimate of drug-likeness (QED) is 0.798. The van der Waals surface area contributed by atoms with Crippen molar-refractivity contribution in [3.63, 3.8) is 0 Å². The molecule has 3 rings (SSSR count). The fourth-order valence-electron chi connectivity index (χ4n) is 2.11. The summed E-state index contributed by atoms with van der Waals surface area (Å²) in [5.74, 6) is 0.807. The molecule has 19 heavy (non-hydrogen) atoms. The molecular weight excluding hydrogens is 304 g/mol. The lowest BCUT2D eigenvalue weighted by atomic mass is 10.1. The molecule has 2 aromatic heterocycles. The average molecular weight is 317 g/mol. The molecule has 0 aliphatic carbocycles. The maximum Gasteiger partial charge on any atom is 0.134 e. The lowest BCUT2D eigenvalue weighted by Crippen LogP contribution is -2.12. The molecule has 0 saturated carbocycles. The van der Waals surface area contributed by atoms with Crippen LogP contribution in [0.15, 0.2) is 57.7 Å². The first-order valence-corrected chi connectivity index (χ1v) is 6.85. The number of furan rings is 1. The Labute approximate surface area is 119 Å². The van der Waals surface area contributed by atoms with Gasteiger partial charge in [0.25, 0.3) is 0 Å². The van der Waals surface area contributed by atoms with Gasteiger partial charge in [-0.25, -0.2) is 0 Å². The molecule has 0 radical (unpaired) electrons. The van der Waals surface area contributed by atoms with Crippen LogP contribution in [0, 0.1) is 0 Å². The van der Waals surface area contributed by atoms with E-state index in [1.807, 2.05) is 42.6 Å². The molecule has 0 amide bonds. The summed E-state index contributed by atoms with van der Waals surface area (Å²) < 4.78 is 6.74. The minimum Gasteiger partial charge on any atom is -0.459 e. The Bertz CT molecular complexity index is 675. The standard InChI is InChI=1S/C15H13BrN2O/c16-12-5-10(8-18-9-12)6-13(17)15-7-11-3-1-2-4-14(11)19-15/h1-5,7-9,13H,6,17H2. The number of nitrogens with two attached hydrogens (primary N) is 1. The van der Waals surface area contributed by atoms with Crippen molar-refractivity contribution in [2.45, 2.75) is 12.5 Å². The summed E-state index contributed by atoms with van der Waals surface area (Å²) in [5.41, 5.74) is 8.16. The van der Waals surface area contributed by atoms with Crippen LogP contribution in [0.3, 0.4) is 0 Å². The van der Waals surface area contributed by atoms with Crippen molar-refractivity contribution in [1.82, 2.24) is 4.98 Å². The van der Waals surface area contributed by atoms with E-state index < -0.39 is 0 Å². The van der Waals surface area contributed by atoms with Crippen molar-refractivity contribution in [3.8, 4) is 0 Å². The zero-order valence-electron chi connectivity index (χ0n) is 10.2. The number of halogens is 1. The second-order valence-electron chi connectivity index (χ2n) is 4.51. The van der Waals surface area contributed by atoms with Gasteiger partial charge in [0.2, 0.25) is 0 Å². The van der Waals surface area contributed by atoms with Crippen molar-refractivity contribution in [2.75, 3.05) is 0 Å². The summed E-state index contributed by atoms with van der Waals surface area (Å²) >= 11 is 3.41. The number of rotatable bonds is 3. The molecule has 0 saturated heterocycles. The molecule has 1 unspecified atom stereocenters. The van der Waals surface area contributed by atoms with E-state index in [1.54, 1.807) is 6.20 Å². The van der Waals surface area contributed by atoms with Crippen LogP contribution in [0.5, 0.6) is 0 Å². The third-order valence-electron chi connectivity index (χ3n) is 3.03. The van der Waals surface area contributed by atoms with E-state index in [2.05, 4.69) is 20.9 Å². The first-order chi connectivity index (χ1) is 9.22. The number of benzene rings is 1. The Morgan fingerprint density at radius 1 is 1.21 bits per heavy atom. The van der Waals surface area contributed by atoms with E-state index in [0.29, 0.717) is 6.42 Å². The molecule has 0 fully saturated rings. The van der Waals surface area contributed by atoms with Crippen LogP contribution in [-0.4, -0.2) is 4.98 Å². The molecule has 2 N–H and O–H groups in total. The summed E-state index contributed by atoms with van der Waals surface area (Å²) in [6.07, 6.45) is 4.29. The van der Waals surface area contributed by atoms with Gasteiger partial charge in [-0.15, -0.1) is 0 Å². The Morgan fingerprint density at radius 2 is 2.05 bits per heavy atom. The highest BCUT2D eigenvalue weighted by molar-refractivity contribution is 9.10. The molecule has 1 atom stereocenters. The molecular formula is C15H13BrN2O. The molecule has 0 aliphatic heterocycles. The molecule has 3 aromatic rings. The number of hydrogen-bond acceptors (Lipinski definition) is 3. The fraction of sp³-hybridized carbons (Fsp3) is 0.133. The van der Waals surface area contributed by atoms with Gasteiger partial charge in [-0.1, -0.05) is 18.2 Å². The summed E-state index contributed by atoms with van der Waals surface area (Å²) in [5, 5.41) is 1.08. The van der Waals surface area contributed by atoms with Crippen molar-refractivity contribution >= 4 is 26.9 Å². The van der Waals surface area contributed by atoms with Crippen LogP contribution < -0.4 is 5.73 Å². The first-order valence-electron chi connectivity index (χ1n) is 6.06. The van der Waals surface area contributed by atoms with E-state index in [9.17, 15) is 0 Å². The van der Waals surface area contributed by atoms with Gasteiger partial charge in [0.1, 0.15) is 11.3 Å². The minimum atomic E-state index is -0.163. The highest BCUT2D eigenvalue weighted by Crippen LogP contribution is 2.25. The van der Waals surface area contributed by atoms with E-state index in [0.717, 1.165) is 26.8 Å². The summed E-state index contributed by atoms with van der Waals surface area (Å²) in [7, 11) is 0. The minimum absolute atomic E-state index is 0.163. The van der Waals surface area contributed by atoms with Gasteiger partial charge in [0, 0.05) is 22.3 Å². The summed E-state index contributed by atoms with van der Waals surface area (Å²) in [6, 6.07) is 11.8. The maximum absolute atomic E-state index is 6.20. The van der Waals surface area contributed by atoms with Gasteiger partial charge in [0.15, 0.2) is 0 Å². The largest absolute Gasteiger partial charge is 0.459 e. The Morgan fingerprint density at radius 3 is 2.84 bits per heavy atom. The zero-order valence-corrected chi connectivity index (χ0v) is 11.8. The van der Waals surface area contributed by atoms with E-state index in [1.165, 1.54) is 0 Å². The number of hydrogen-bond donors (Lipinski definition) is 1. The van der Waals surface area contributed by atoms with Gasteiger partial charge in [-0.05, 0) is 46.1 Å². The molecule has 4 heteroatoms. The van der Waals surface area contributed by atoms with Crippen LogP contribution in [0.1, 0.15) is 17.4 Å². The third kappa shape index (κ3) is 2.69. The Balaban J connectivity index is 1.85. The normalized spacial score (nSPS) is 12.7. The van der Waals surface area contributed by atoms with Crippen molar-refractivity contribution in [1.29, 1.82) is 0 Å². The highest BCUT2D eigenvalue weighted by Gasteiger charge is 2.13. The molecule has 2 heterocycles. The van der Waals surface area contributed by atoms with Crippen molar-refractivity contribution in [3.05, 3.63) is 64.6 Å². The summed E-state index contributed by atoms with van der Waals surface area (Å²) in [6.45, 7) is 0. The van der Waals surface area contributed by atoms with E-state index >= 15 is 0 Å². The number of nitrogens with zero attached hydrogens (tertiary/aromatic N) is 1. The Kier molecular flexibility index (Phi) is 3.36. The maximum atomic E-state index is 6.20. The average Bonchev–Trinajstić information content (AvgIpc) is 2.82. The Hall–Kier alpha value is -1.65. The number of fused-ring (bicyclic) bond motifs is 1. The predicted octanol–water partition coefficient (Wildman–Crippen LogP) is 3.83. The molecule has 0 bridgehead atoms. The SMILES string of the molecule is NC(Cc1cncc(Br)c1)c1cc2ccccc2o1. The molecule has 0 spiro atoms. The monoisotopic (exact) mass is 316 g/mol. The smallest absolute Gasteiger partial charge is 0.134 e. The lowest BCUT2D eigenvalue weighted by Gasteiger charge is -2.08. The van der Waals surface area contributed by atoms with Gasteiger partial charge < -0.3 is 10.2 Å². The molecule has 3 nitrogen and oxygen atoms in total. The van der Waals surface area contributed by atoms with Crippen LogP contribution in [-0.2, 0) is 6.42 Å². The number of para-hydroxylation sites is 1. The summed E-state index contributed by atoms with van der Waals surface area (Å²) in [4.78, 5) is 4.14. The first kappa shape index (κ1) is 12.4. The predicted molar refractivity (Wildman–Crippen MR) is 78.8 cm³/mol. The van der Waals surface area contributed by atoms with Gasteiger partial charge in [-0.3, -0.25) is 4.98 Å². The number of pyridine rings is 1. The molecule has 0 aliphatic rings. The van der Waals surface area contributed by atoms with Crippen molar-refractivity contribution < 1.29 is 4.42 Å². The topological polar surface area (TPSA) is 52.0 Å². The second kappa shape index (κ2) is 5.15. The van der Waals surface area contributed by atoms with Crippen LogP contribution in [0.25, 0.3) is 11.0 Å². The third-order valence-corrected chi connectivity index (χ3v) is 3.46. The molecule has 1 aromatic carbocycles. The van der Waals surface area contributed by atoms with E-state index in [-0.39, 0.29) is 6.04 Å². The van der Waals surface area contributed by atoms with E-state index in [4.69, 9.17) is 10.2 Å². The fourth-order valence-corrected chi connectivity index (χ4v) is 2.52.